The van der Waals surface area contributed by atoms with Gasteiger partial charge in [0.25, 0.3) is 0 Å². The Balaban J connectivity index is 1.66. The van der Waals surface area contributed by atoms with Gasteiger partial charge < -0.3 is 19.3 Å². The number of fused-ring (bicyclic) bond motifs is 1. The van der Waals surface area contributed by atoms with Crippen LogP contribution in [0.3, 0.4) is 0 Å². The molecule has 1 heterocycles. The van der Waals surface area contributed by atoms with Gasteiger partial charge in [-0.25, -0.2) is 0 Å². The van der Waals surface area contributed by atoms with E-state index in [1.807, 2.05) is 55.5 Å². The first-order chi connectivity index (χ1) is 13.1. The second kappa shape index (κ2) is 8.58. The standard InChI is InChI=1S/C21H24N2O4/c1-16-14-22(15-24)19-6-3-4-7-20(19)23(21(16)25)12-5-13-27-18-10-8-17(26-2)9-11-18/h3-4,6-11,15-16H,5,12-14H2,1-2H3/t16-/m0/s1. The van der Waals surface area contributed by atoms with Crippen LogP contribution in [0.25, 0.3) is 0 Å². The van der Waals surface area contributed by atoms with Crippen molar-refractivity contribution >= 4 is 23.7 Å². The van der Waals surface area contributed by atoms with E-state index in [2.05, 4.69) is 0 Å². The largest absolute Gasteiger partial charge is 0.497 e. The second-order valence-electron chi connectivity index (χ2n) is 6.51. The molecule has 3 rings (SSSR count). The SMILES string of the molecule is COc1ccc(OCCCN2C(=O)[C@@H](C)CN(C=O)c3ccccc32)cc1. The number of hydrogen-bond acceptors (Lipinski definition) is 4. The Kier molecular flexibility index (Phi) is 5.96. The molecule has 0 radical (unpaired) electrons. The molecule has 0 fully saturated rings. The first-order valence-electron chi connectivity index (χ1n) is 9.03. The predicted molar refractivity (Wildman–Crippen MR) is 104 cm³/mol. The van der Waals surface area contributed by atoms with Gasteiger partial charge in [-0.15, -0.1) is 0 Å². The topological polar surface area (TPSA) is 59.1 Å². The zero-order chi connectivity index (χ0) is 19.2. The smallest absolute Gasteiger partial charge is 0.231 e. The zero-order valence-electron chi connectivity index (χ0n) is 15.6. The summed E-state index contributed by atoms with van der Waals surface area (Å²) in [5.41, 5.74) is 1.53. The minimum absolute atomic E-state index is 0.0243. The molecule has 142 valence electrons. The molecule has 0 aliphatic carbocycles. The van der Waals surface area contributed by atoms with Crippen LogP contribution in [0.15, 0.2) is 48.5 Å². The van der Waals surface area contributed by atoms with Crippen molar-refractivity contribution in [2.24, 2.45) is 5.92 Å². The molecule has 0 spiro atoms. The Labute approximate surface area is 159 Å². The number of methoxy groups -OCH3 is 1. The lowest BCUT2D eigenvalue weighted by atomic mass is 10.1. The average molecular weight is 368 g/mol. The van der Waals surface area contributed by atoms with Gasteiger partial charge in [0.05, 0.1) is 31.0 Å². The number of ether oxygens (including phenoxy) is 2. The minimum Gasteiger partial charge on any atom is -0.497 e. The number of amides is 2. The summed E-state index contributed by atoms with van der Waals surface area (Å²) in [5.74, 6) is 1.31. The average Bonchev–Trinajstić information content (AvgIpc) is 2.81. The van der Waals surface area contributed by atoms with Gasteiger partial charge in [-0.1, -0.05) is 19.1 Å². The van der Waals surface area contributed by atoms with Crippen molar-refractivity contribution in [2.45, 2.75) is 13.3 Å². The highest BCUT2D eigenvalue weighted by atomic mass is 16.5. The first kappa shape index (κ1) is 18.8. The molecule has 1 aliphatic rings. The molecule has 0 saturated carbocycles. The Hall–Kier alpha value is -3.02. The Morgan fingerprint density at radius 3 is 2.41 bits per heavy atom. The third-order valence-corrected chi connectivity index (χ3v) is 4.62. The van der Waals surface area contributed by atoms with Gasteiger partial charge in [-0.05, 0) is 42.8 Å². The molecule has 27 heavy (non-hydrogen) atoms. The van der Waals surface area contributed by atoms with Gasteiger partial charge in [0.1, 0.15) is 11.5 Å². The lowest BCUT2D eigenvalue weighted by Gasteiger charge is -2.24. The van der Waals surface area contributed by atoms with Crippen LogP contribution < -0.4 is 19.3 Å². The molecule has 6 heteroatoms. The van der Waals surface area contributed by atoms with E-state index in [1.165, 1.54) is 0 Å². The Morgan fingerprint density at radius 2 is 1.74 bits per heavy atom. The van der Waals surface area contributed by atoms with E-state index < -0.39 is 0 Å². The van der Waals surface area contributed by atoms with Gasteiger partial charge in [0, 0.05) is 13.1 Å². The highest BCUT2D eigenvalue weighted by Crippen LogP contribution is 2.33. The highest BCUT2D eigenvalue weighted by molar-refractivity contribution is 6.02. The van der Waals surface area contributed by atoms with E-state index in [0.717, 1.165) is 29.3 Å². The molecular weight excluding hydrogens is 344 g/mol. The van der Waals surface area contributed by atoms with E-state index in [1.54, 1.807) is 16.9 Å². The predicted octanol–water partition coefficient (Wildman–Crippen LogP) is 3.11. The quantitative estimate of drug-likeness (QED) is 0.557. The number of anilines is 2. The summed E-state index contributed by atoms with van der Waals surface area (Å²) < 4.78 is 10.9. The molecular formula is C21H24N2O4. The van der Waals surface area contributed by atoms with Crippen molar-refractivity contribution in [1.82, 2.24) is 0 Å². The number of hydrogen-bond donors (Lipinski definition) is 0. The van der Waals surface area contributed by atoms with Crippen molar-refractivity contribution < 1.29 is 19.1 Å². The minimum atomic E-state index is -0.259. The van der Waals surface area contributed by atoms with Crippen LogP contribution >= 0.6 is 0 Å². The summed E-state index contributed by atoms with van der Waals surface area (Å²) in [4.78, 5) is 27.7. The van der Waals surface area contributed by atoms with Crippen molar-refractivity contribution in [1.29, 1.82) is 0 Å². The summed E-state index contributed by atoms with van der Waals surface area (Å²) >= 11 is 0. The Bertz CT molecular complexity index is 791. The molecule has 0 saturated heterocycles. The van der Waals surface area contributed by atoms with Crippen molar-refractivity contribution in [3.8, 4) is 11.5 Å². The number of carbonyl (C=O) groups is 2. The van der Waals surface area contributed by atoms with Crippen LogP contribution in [0.2, 0.25) is 0 Å². The maximum absolute atomic E-state index is 12.8. The lowest BCUT2D eigenvalue weighted by Crippen LogP contribution is -2.37. The third-order valence-electron chi connectivity index (χ3n) is 4.62. The van der Waals surface area contributed by atoms with Crippen LogP contribution in [-0.2, 0) is 9.59 Å². The Morgan fingerprint density at radius 1 is 1.07 bits per heavy atom. The molecule has 2 aromatic rings. The monoisotopic (exact) mass is 368 g/mol. The molecule has 0 N–H and O–H groups in total. The second-order valence-corrected chi connectivity index (χ2v) is 6.51. The van der Waals surface area contributed by atoms with E-state index in [-0.39, 0.29) is 11.8 Å². The molecule has 1 aliphatic heterocycles. The maximum atomic E-state index is 12.8. The number of carbonyl (C=O) groups excluding carboxylic acids is 2. The fourth-order valence-corrected chi connectivity index (χ4v) is 3.21. The fourth-order valence-electron chi connectivity index (χ4n) is 3.21. The molecule has 0 unspecified atom stereocenters. The first-order valence-corrected chi connectivity index (χ1v) is 9.03. The lowest BCUT2D eigenvalue weighted by molar-refractivity contribution is -0.121. The van der Waals surface area contributed by atoms with Crippen molar-refractivity contribution in [3.05, 3.63) is 48.5 Å². The van der Waals surface area contributed by atoms with E-state index in [4.69, 9.17) is 9.47 Å². The maximum Gasteiger partial charge on any atom is 0.231 e. The normalized spacial score (nSPS) is 16.5. The summed E-state index contributed by atoms with van der Waals surface area (Å²) in [7, 11) is 1.62. The van der Waals surface area contributed by atoms with E-state index in [0.29, 0.717) is 26.1 Å². The number of rotatable bonds is 7. The molecule has 1 atom stereocenters. The number of nitrogens with zero attached hydrogens (tertiary/aromatic N) is 2. The number of para-hydroxylation sites is 2. The zero-order valence-corrected chi connectivity index (χ0v) is 15.6. The summed E-state index contributed by atoms with van der Waals surface area (Å²) in [6, 6.07) is 14.9. The molecule has 6 nitrogen and oxygen atoms in total. The van der Waals surface area contributed by atoms with Crippen LogP contribution in [0.4, 0.5) is 11.4 Å². The van der Waals surface area contributed by atoms with Gasteiger partial charge >= 0.3 is 0 Å². The molecule has 2 aromatic carbocycles. The van der Waals surface area contributed by atoms with Crippen molar-refractivity contribution in [3.63, 3.8) is 0 Å². The van der Waals surface area contributed by atoms with Crippen LogP contribution in [0.1, 0.15) is 13.3 Å². The highest BCUT2D eigenvalue weighted by Gasteiger charge is 2.30. The summed E-state index contributed by atoms with van der Waals surface area (Å²) in [6.45, 7) is 3.26. The number of benzene rings is 2. The third kappa shape index (κ3) is 4.22. The van der Waals surface area contributed by atoms with Gasteiger partial charge in [-0.3, -0.25) is 9.59 Å². The van der Waals surface area contributed by atoms with Gasteiger partial charge in [-0.2, -0.15) is 0 Å². The summed E-state index contributed by atoms with van der Waals surface area (Å²) in [5, 5.41) is 0. The van der Waals surface area contributed by atoms with Crippen LogP contribution in [0.5, 0.6) is 11.5 Å². The van der Waals surface area contributed by atoms with Crippen molar-refractivity contribution in [2.75, 3.05) is 36.6 Å². The molecule has 0 bridgehead atoms. The fraction of sp³-hybridized carbons (Fsp3) is 0.333. The van der Waals surface area contributed by atoms with E-state index >= 15 is 0 Å². The molecule has 2 amide bonds. The van der Waals surface area contributed by atoms with E-state index in [9.17, 15) is 9.59 Å². The van der Waals surface area contributed by atoms with Crippen LogP contribution in [-0.4, -0.2) is 39.1 Å². The van der Waals surface area contributed by atoms with Gasteiger partial charge in [0.15, 0.2) is 0 Å². The van der Waals surface area contributed by atoms with Crippen LogP contribution in [0, 0.1) is 5.92 Å². The molecule has 0 aromatic heterocycles. The summed E-state index contributed by atoms with van der Waals surface area (Å²) in [6.07, 6.45) is 1.47. The van der Waals surface area contributed by atoms with Gasteiger partial charge in [0.2, 0.25) is 12.3 Å².